The first-order chi connectivity index (χ1) is 12.2. The second kappa shape index (κ2) is 8.06. The van der Waals surface area contributed by atoms with Crippen LogP contribution in [-0.4, -0.2) is 10.9 Å². The number of pyridine rings is 1. The molecule has 1 atom stereocenters. The maximum absolute atomic E-state index is 12.4. The van der Waals surface area contributed by atoms with Crippen molar-refractivity contribution in [2.24, 2.45) is 0 Å². The van der Waals surface area contributed by atoms with Crippen molar-refractivity contribution >= 4 is 12.0 Å². The summed E-state index contributed by atoms with van der Waals surface area (Å²) in [4.78, 5) is 16.6. The fraction of sp³-hybridized carbons (Fsp3) is 0.0909. The van der Waals surface area contributed by atoms with Gasteiger partial charge in [-0.2, -0.15) is 0 Å². The third-order valence-corrected chi connectivity index (χ3v) is 3.92. The minimum Gasteiger partial charge on any atom is -0.342 e. The molecule has 2 aromatic carbocycles. The number of benzene rings is 2. The Bertz CT molecular complexity index is 840. The minimum atomic E-state index is -0.192. The molecule has 3 rings (SSSR count). The predicted octanol–water partition coefficient (Wildman–Crippen LogP) is 4.31. The maximum atomic E-state index is 12.4. The number of aromatic nitrogens is 1. The molecule has 3 aromatic rings. The number of nitrogens with zero attached hydrogens (tertiary/aromatic N) is 1. The molecule has 0 aliphatic carbocycles. The van der Waals surface area contributed by atoms with E-state index in [-0.39, 0.29) is 11.9 Å². The van der Waals surface area contributed by atoms with E-state index in [2.05, 4.69) is 41.5 Å². The van der Waals surface area contributed by atoms with Crippen molar-refractivity contribution in [1.29, 1.82) is 0 Å². The van der Waals surface area contributed by atoms with Gasteiger partial charge < -0.3 is 5.32 Å². The van der Waals surface area contributed by atoms with E-state index >= 15 is 0 Å². The summed E-state index contributed by atoms with van der Waals surface area (Å²) >= 11 is 0. The second-order valence-electron chi connectivity index (χ2n) is 5.85. The number of hydrogen-bond donors (Lipinski definition) is 1. The average Bonchev–Trinajstić information content (AvgIpc) is 2.67. The zero-order valence-corrected chi connectivity index (χ0v) is 14.1. The van der Waals surface area contributed by atoms with E-state index < -0.39 is 0 Å². The number of carbonyl (C=O) groups is 1. The number of aryl methyl sites for hydroxylation is 1. The summed E-state index contributed by atoms with van der Waals surface area (Å²) in [6.07, 6.45) is 4.94. The highest BCUT2D eigenvalue weighted by atomic mass is 16.1. The van der Waals surface area contributed by atoms with E-state index in [1.807, 2.05) is 48.5 Å². The van der Waals surface area contributed by atoms with Gasteiger partial charge in [-0.3, -0.25) is 9.78 Å². The molecule has 0 fully saturated rings. The lowest BCUT2D eigenvalue weighted by Crippen LogP contribution is -2.27. The lowest BCUT2D eigenvalue weighted by molar-refractivity contribution is -0.116. The number of carbonyl (C=O) groups excluding carboxylic acids is 1. The summed E-state index contributed by atoms with van der Waals surface area (Å²) in [5.41, 5.74) is 4.04. The van der Waals surface area contributed by atoms with Gasteiger partial charge >= 0.3 is 0 Å². The van der Waals surface area contributed by atoms with Crippen LogP contribution in [0.3, 0.4) is 0 Å². The van der Waals surface area contributed by atoms with Crippen molar-refractivity contribution in [2.75, 3.05) is 0 Å². The zero-order chi connectivity index (χ0) is 17.5. The van der Waals surface area contributed by atoms with Crippen LogP contribution in [0, 0.1) is 6.92 Å². The fourth-order valence-corrected chi connectivity index (χ4v) is 2.59. The van der Waals surface area contributed by atoms with Gasteiger partial charge in [0.25, 0.3) is 0 Å². The molecule has 3 heteroatoms. The monoisotopic (exact) mass is 328 g/mol. The van der Waals surface area contributed by atoms with Crippen LogP contribution < -0.4 is 5.32 Å². The van der Waals surface area contributed by atoms with Gasteiger partial charge in [0.15, 0.2) is 0 Å². The van der Waals surface area contributed by atoms with Gasteiger partial charge in [-0.15, -0.1) is 0 Å². The third-order valence-electron chi connectivity index (χ3n) is 3.92. The molecule has 0 saturated heterocycles. The van der Waals surface area contributed by atoms with E-state index in [9.17, 15) is 4.79 Å². The van der Waals surface area contributed by atoms with Crippen molar-refractivity contribution < 1.29 is 4.79 Å². The Balaban J connectivity index is 1.81. The lowest BCUT2D eigenvalue weighted by Gasteiger charge is -2.19. The van der Waals surface area contributed by atoms with Crippen molar-refractivity contribution in [3.05, 3.63) is 107 Å². The molecular weight excluding hydrogens is 308 g/mol. The third kappa shape index (κ3) is 4.64. The molecule has 0 bridgehead atoms. The highest BCUT2D eigenvalue weighted by Crippen LogP contribution is 2.22. The molecule has 1 unspecified atom stereocenters. The molecule has 0 saturated carbocycles. The van der Waals surface area contributed by atoms with Crippen LogP contribution in [0.1, 0.15) is 28.4 Å². The highest BCUT2D eigenvalue weighted by molar-refractivity contribution is 5.92. The van der Waals surface area contributed by atoms with E-state index in [0.29, 0.717) is 0 Å². The van der Waals surface area contributed by atoms with Gasteiger partial charge in [-0.05, 0) is 36.3 Å². The van der Waals surface area contributed by atoms with Gasteiger partial charge in [0.05, 0.1) is 11.7 Å². The summed E-state index contributed by atoms with van der Waals surface area (Å²) < 4.78 is 0. The fourth-order valence-electron chi connectivity index (χ4n) is 2.59. The van der Waals surface area contributed by atoms with E-state index in [4.69, 9.17) is 0 Å². The summed E-state index contributed by atoms with van der Waals surface area (Å²) in [5, 5.41) is 3.09. The molecule has 0 aliphatic rings. The first-order valence-electron chi connectivity index (χ1n) is 8.23. The molecule has 0 spiro atoms. The van der Waals surface area contributed by atoms with Crippen molar-refractivity contribution in [2.45, 2.75) is 13.0 Å². The summed E-state index contributed by atoms with van der Waals surface area (Å²) in [6.45, 7) is 2.05. The number of amides is 1. The second-order valence-corrected chi connectivity index (χ2v) is 5.85. The van der Waals surface area contributed by atoms with Crippen molar-refractivity contribution in [3.63, 3.8) is 0 Å². The topological polar surface area (TPSA) is 42.0 Å². The van der Waals surface area contributed by atoms with Gasteiger partial charge in [-0.1, -0.05) is 66.2 Å². The van der Waals surface area contributed by atoms with Crippen LogP contribution >= 0.6 is 0 Å². The van der Waals surface area contributed by atoms with Crippen LogP contribution in [0.2, 0.25) is 0 Å². The maximum Gasteiger partial charge on any atom is 0.244 e. The largest absolute Gasteiger partial charge is 0.342 e. The van der Waals surface area contributed by atoms with Crippen molar-refractivity contribution in [3.8, 4) is 0 Å². The smallest absolute Gasteiger partial charge is 0.244 e. The van der Waals surface area contributed by atoms with Gasteiger partial charge in [-0.25, -0.2) is 0 Å². The SMILES string of the molecule is Cc1ccc(C(NC(=O)C=Cc2ccccn2)c2ccccc2)cc1. The predicted molar refractivity (Wildman–Crippen MR) is 101 cm³/mol. The molecular formula is C22H20N2O. The van der Waals surface area contributed by atoms with Crippen LogP contribution in [0.5, 0.6) is 0 Å². The van der Waals surface area contributed by atoms with Gasteiger partial charge in [0, 0.05) is 12.3 Å². The van der Waals surface area contributed by atoms with Crippen LogP contribution in [0.25, 0.3) is 6.08 Å². The van der Waals surface area contributed by atoms with E-state index in [0.717, 1.165) is 16.8 Å². The van der Waals surface area contributed by atoms with Gasteiger partial charge in [0.2, 0.25) is 5.91 Å². The van der Waals surface area contributed by atoms with Crippen LogP contribution in [0.4, 0.5) is 0 Å². The van der Waals surface area contributed by atoms with E-state index in [1.54, 1.807) is 12.3 Å². The summed E-state index contributed by atoms with van der Waals surface area (Å²) in [5.74, 6) is -0.153. The number of rotatable bonds is 5. The minimum absolute atomic E-state index is 0.153. The Morgan fingerprint density at radius 1 is 0.920 bits per heavy atom. The highest BCUT2D eigenvalue weighted by Gasteiger charge is 2.15. The van der Waals surface area contributed by atoms with Crippen molar-refractivity contribution in [1.82, 2.24) is 10.3 Å². The number of nitrogens with one attached hydrogen (secondary N) is 1. The van der Waals surface area contributed by atoms with Crippen LogP contribution in [-0.2, 0) is 4.79 Å². The standard InChI is InChI=1S/C22H20N2O/c1-17-10-12-19(13-11-17)22(18-7-3-2-4-8-18)24-21(25)15-14-20-9-5-6-16-23-20/h2-16,22H,1H3,(H,24,25). The average molecular weight is 328 g/mol. The molecule has 3 nitrogen and oxygen atoms in total. The molecule has 1 N–H and O–H groups in total. The quantitative estimate of drug-likeness (QED) is 0.709. The Morgan fingerprint density at radius 2 is 1.60 bits per heavy atom. The molecule has 1 heterocycles. The molecule has 1 amide bonds. The first kappa shape index (κ1) is 16.7. The first-order valence-corrected chi connectivity index (χ1v) is 8.23. The lowest BCUT2D eigenvalue weighted by atomic mass is 9.98. The van der Waals surface area contributed by atoms with Crippen LogP contribution in [0.15, 0.2) is 85.1 Å². The Hall–Kier alpha value is -3.20. The zero-order valence-electron chi connectivity index (χ0n) is 14.1. The Kier molecular flexibility index (Phi) is 5.37. The Morgan fingerprint density at radius 3 is 2.28 bits per heavy atom. The number of hydrogen-bond acceptors (Lipinski definition) is 2. The molecule has 25 heavy (non-hydrogen) atoms. The summed E-state index contributed by atoms with van der Waals surface area (Å²) in [7, 11) is 0. The van der Waals surface area contributed by atoms with Gasteiger partial charge in [0.1, 0.15) is 0 Å². The molecule has 124 valence electrons. The summed E-state index contributed by atoms with van der Waals surface area (Å²) in [6, 6.07) is 23.6. The van der Waals surface area contributed by atoms with E-state index in [1.165, 1.54) is 11.6 Å². The normalized spacial score (nSPS) is 12.0. The molecule has 1 aromatic heterocycles. The molecule has 0 radical (unpaired) electrons. The molecule has 0 aliphatic heterocycles. The Labute approximate surface area is 148 Å².